The highest BCUT2D eigenvalue weighted by Gasteiger charge is 2.33. The second-order valence-corrected chi connectivity index (χ2v) is 5.53. The molecule has 0 spiro atoms. The van der Waals surface area contributed by atoms with Crippen LogP contribution in [0.4, 0.5) is 0 Å². The number of amides is 1. The molecule has 0 saturated carbocycles. The smallest absolute Gasteiger partial charge is 0.242 e. The van der Waals surface area contributed by atoms with Crippen LogP contribution in [0.2, 0.25) is 0 Å². The molecule has 20 heavy (non-hydrogen) atoms. The van der Waals surface area contributed by atoms with E-state index >= 15 is 0 Å². The number of nitrogens with two attached hydrogens (primary N) is 2. The number of carbonyl (C=O) groups is 1. The van der Waals surface area contributed by atoms with E-state index in [1.165, 1.54) is 18.1 Å². The van der Waals surface area contributed by atoms with Gasteiger partial charge in [0.05, 0.1) is 0 Å². The molecule has 1 unspecified atom stereocenters. The van der Waals surface area contributed by atoms with Gasteiger partial charge in [-0.25, -0.2) is 9.67 Å². The molecule has 0 radical (unpaired) electrons. The highest BCUT2D eigenvalue weighted by molar-refractivity contribution is 7.99. The first-order valence-electron chi connectivity index (χ1n) is 6.15. The molecule has 0 bridgehead atoms. The minimum absolute atomic E-state index is 0.434. The quantitative estimate of drug-likeness (QED) is 0.761. The number of aromatic nitrogens is 3. The summed E-state index contributed by atoms with van der Waals surface area (Å²) >= 11 is 1.49. The summed E-state index contributed by atoms with van der Waals surface area (Å²) in [5.41, 5.74) is 11.3. The average molecular weight is 291 g/mol. The fourth-order valence-corrected chi connectivity index (χ4v) is 2.83. The molecule has 1 amide bonds. The van der Waals surface area contributed by atoms with E-state index in [-0.39, 0.29) is 0 Å². The Morgan fingerprint density at radius 1 is 1.40 bits per heavy atom. The lowest BCUT2D eigenvalue weighted by Gasteiger charge is -2.26. The third kappa shape index (κ3) is 3.00. The van der Waals surface area contributed by atoms with Crippen LogP contribution in [0.25, 0.3) is 0 Å². The predicted molar refractivity (Wildman–Crippen MR) is 77.8 cm³/mol. The van der Waals surface area contributed by atoms with E-state index < -0.39 is 11.4 Å². The molecule has 0 aliphatic heterocycles. The molecule has 4 N–H and O–H groups in total. The van der Waals surface area contributed by atoms with Crippen LogP contribution in [0, 0.1) is 0 Å². The van der Waals surface area contributed by atoms with Crippen molar-refractivity contribution >= 4 is 17.7 Å². The van der Waals surface area contributed by atoms with Crippen molar-refractivity contribution < 1.29 is 4.79 Å². The molecule has 0 saturated heterocycles. The molecule has 1 atom stereocenters. The van der Waals surface area contributed by atoms with Gasteiger partial charge in [-0.3, -0.25) is 4.79 Å². The van der Waals surface area contributed by atoms with Gasteiger partial charge in [-0.05, 0) is 12.0 Å². The first-order valence-corrected chi connectivity index (χ1v) is 7.13. The van der Waals surface area contributed by atoms with Crippen molar-refractivity contribution in [1.29, 1.82) is 0 Å². The molecule has 2 rings (SSSR count). The number of hydrogen-bond acceptors (Lipinski definition) is 5. The number of aryl methyl sites for hydroxylation is 1. The number of hydrogen-bond donors (Lipinski definition) is 2. The Morgan fingerprint density at radius 3 is 2.65 bits per heavy atom. The zero-order valence-corrected chi connectivity index (χ0v) is 12.0. The highest BCUT2D eigenvalue weighted by Crippen LogP contribution is 2.25. The maximum Gasteiger partial charge on any atom is 0.242 e. The van der Waals surface area contributed by atoms with E-state index in [4.69, 9.17) is 11.5 Å². The Hall–Kier alpha value is -1.86. The third-order valence-corrected chi connectivity index (χ3v) is 4.16. The fraction of sp³-hybridized carbons (Fsp3) is 0.308. The van der Waals surface area contributed by atoms with Crippen molar-refractivity contribution in [2.45, 2.75) is 17.1 Å². The van der Waals surface area contributed by atoms with Gasteiger partial charge in [0.1, 0.15) is 11.9 Å². The van der Waals surface area contributed by atoms with Gasteiger partial charge in [0.25, 0.3) is 0 Å². The van der Waals surface area contributed by atoms with Gasteiger partial charge in [-0.2, -0.15) is 5.10 Å². The van der Waals surface area contributed by atoms with Gasteiger partial charge in [-0.1, -0.05) is 42.1 Å². The lowest BCUT2D eigenvalue weighted by molar-refractivity contribution is -0.123. The van der Waals surface area contributed by atoms with E-state index in [0.717, 1.165) is 10.7 Å². The van der Waals surface area contributed by atoms with Crippen molar-refractivity contribution in [2.75, 3.05) is 5.75 Å². The third-order valence-electron chi connectivity index (χ3n) is 3.13. The van der Waals surface area contributed by atoms with Crippen LogP contribution in [-0.4, -0.2) is 26.4 Å². The number of nitrogens with zero attached hydrogens (tertiary/aromatic N) is 3. The van der Waals surface area contributed by atoms with Gasteiger partial charge in [0.15, 0.2) is 5.16 Å². The van der Waals surface area contributed by atoms with Gasteiger partial charge in [0, 0.05) is 12.8 Å². The topological polar surface area (TPSA) is 99.8 Å². The zero-order valence-electron chi connectivity index (χ0n) is 11.2. The van der Waals surface area contributed by atoms with Crippen LogP contribution < -0.4 is 11.5 Å². The van der Waals surface area contributed by atoms with Crippen LogP contribution >= 0.6 is 11.8 Å². The molecule has 6 nitrogen and oxygen atoms in total. The van der Waals surface area contributed by atoms with Crippen LogP contribution in [-0.2, 0) is 17.4 Å². The number of primary amides is 1. The summed E-state index contributed by atoms with van der Waals surface area (Å²) in [5.74, 6) is 0.100. The number of thioether (sulfide) groups is 1. The fourth-order valence-electron chi connectivity index (χ4n) is 1.86. The van der Waals surface area contributed by atoms with Gasteiger partial charge < -0.3 is 11.5 Å². The summed E-state index contributed by atoms with van der Waals surface area (Å²) < 4.78 is 1.68. The number of rotatable bonds is 6. The van der Waals surface area contributed by atoms with E-state index in [2.05, 4.69) is 10.1 Å². The van der Waals surface area contributed by atoms with Crippen molar-refractivity contribution in [3.63, 3.8) is 0 Å². The van der Waals surface area contributed by atoms with Crippen LogP contribution in [0.5, 0.6) is 0 Å². The lowest BCUT2D eigenvalue weighted by atomic mass is 9.88. The SMILES string of the molecule is Cn1ncnc1SCCC(N)(C(N)=O)c1ccccc1. The molecular weight excluding hydrogens is 274 g/mol. The van der Waals surface area contributed by atoms with Crippen molar-refractivity contribution in [1.82, 2.24) is 14.8 Å². The molecule has 0 aliphatic carbocycles. The molecular formula is C13H17N5OS. The van der Waals surface area contributed by atoms with Gasteiger partial charge >= 0.3 is 0 Å². The maximum atomic E-state index is 11.7. The second-order valence-electron chi connectivity index (χ2n) is 4.47. The minimum Gasteiger partial charge on any atom is -0.368 e. The summed E-state index contributed by atoms with van der Waals surface area (Å²) in [6.45, 7) is 0. The Bertz CT molecular complexity index is 585. The van der Waals surface area contributed by atoms with Crippen LogP contribution in [0.3, 0.4) is 0 Å². The number of benzene rings is 1. The molecule has 1 heterocycles. The first-order chi connectivity index (χ1) is 9.54. The Morgan fingerprint density at radius 2 is 2.10 bits per heavy atom. The molecule has 1 aromatic heterocycles. The second kappa shape index (κ2) is 6.06. The Balaban J connectivity index is 2.07. The number of carbonyl (C=O) groups excluding carboxylic acids is 1. The normalized spacial score (nSPS) is 13.9. The van der Waals surface area contributed by atoms with E-state index in [1.54, 1.807) is 4.68 Å². The molecule has 7 heteroatoms. The van der Waals surface area contributed by atoms with Crippen LogP contribution in [0.1, 0.15) is 12.0 Å². The molecule has 1 aromatic carbocycles. The van der Waals surface area contributed by atoms with Gasteiger partial charge in [0.2, 0.25) is 5.91 Å². The lowest BCUT2D eigenvalue weighted by Crippen LogP contribution is -2.49. The zero-order chi connectivity index (χ0) is 14.6. The van der Waals surface area contributed by atoms with Crippen LogP contribution in [0.15, 0.2) is 41.8 Å². The summed E-state index contributed by atoms with van der Waals surface area (Å²) in [7, 11) is 1.82. The van der Waals surface area contributed by atoms with E-state index in [1.807, 2.05) is 37.4 Å². The highest BCUT2D eigenvalue weighted by atomic mass is 32.2. The Kier molecular flexibility index (Phi) is 4.41. The Labute approximate surface area is 121 Å². The van der Waals surface area contributed by atoms with E-state index in [0.29, 0.717) is 12.2 Å². The van der Waals surface area contributed by atoms with E-state index in [9.17, 15) is 4.79 Å². The predicted octanol–water partition coefficient (Wildman–Crippen LogP) is 0.637. The summed E-state index contributed by atoms with van der Waals surface area (Å²) in [4.78, 5) is 15.8. The summed E-state index contributed by atoms with van der Waals surface area (Å²) in [5, 5.41) is 4.77. The maximum absolute atomic E-state index is 11.7. The minimum atomic E-state index is -1.16. The van der Waals surface area contributed by atoms with Crippen molar-refractivity contribution in [3.8, 4) is 0 Å². The standard InChI is InChI=1S/C13H17N5OS/c1-18-12(16-9-17-18)20-8-7-13(15,11(14)19)10-5-3-2-4-6-10/h2-6,9H,7-8,15H2,1H3,(H2,14,19). The molecule has 0 aliphatic rings. The summed E-state index contributed by atoms with van der Waals surface area (Å²) in [6, 6.07) is 9.19. The molecule has 106 valence electrons. The largest absolute Gasteiger partial charge is 0.368 e. The van der Waals surface area contributed by atoms with Crippen molar-refractivity contribution in [3.05, 3.63) is 42.2 Å². The van der Waals surface area contributed by atoms with Crippen molar-refractivity contribution in [2.24, 2.45) is 18.5 Å². The molecule has 2 aromatic rings. The summed E-state index contributed by atoms with van der Waals surface area (Å²) in [6.07, 6.45) is 1.92. The monoisotopic (exact) mass is 291 g/mol. The first kappa shape index (κ1) is 14.5. The average Bonchev–Trinajstić information content (AvgIpc) is 2.85. The molecule has 0 fully saturated rings. The van der Waals surface area contributed by atoms with Gasteiger partial charge in [-0.15, -0.1) is 0 Å².